The molecule has 0 radical (unpaired) electrons. The lowest BCUT2D eigenvalue weighted by molar-refractivity contribution is 0.0897. The first kappa shape index (κ1) is 13.9. The zero-order valence-corrected chi connectivity index (χ0v) is 10.8. The summed E-state index contributed by atoms with van der Waals surface area (Å²) in [5.74, 6) is 0. The Kier molecular flexibility index (Phi) is 6.96. The molecule has 0 saturated carbocycles. The van der Waals surface area contributed by atoms with Crippen LogP contribution in [-0.2, 0) is 4.74 Å². The van der Waals surface area contributed by atoms with Gasteiger partial charge in [-0.1, -0.05) is 6.92 Å². The summed E-state index contributed by atoms with van der Waals surface area (Å²) in [6.45, 7) is 9.06. The fraction of sp³-hybridized carbons (Fsp3) is 1.00. The molecular formula is C12H27N3O. The maximum absolute atomic E-state index is 5.47. The first-order valence-electron chi connectivity index (χ1n) is 6.48. The first-order valence-corrected chi connectivity index (χ1v) is 6.48. The summed E-state index contributed by atoms with van der Waals surface area (Å²) in [7, 11) is 2.22. The maximum Gasteiger partial charge on any atom is 0.0594 e. The molecule has 16 heavy (non-hydrogen) atoms. The number of hydrogen-bond donors (Lipinski definition) is 1. The van der Waals surface area contributed by atoms with Crippen LogP contribution >= 0.6 is 0 Å². The van der Waals surface area contributed by atoms with Gasteiger partial charge in [-0.05, 0) is 33.0 Å². The third-order valence-corrected chi connectivity index (χ3v) is 3.28. The van der Waals surface area contributed by atoms with Gasteiger partial charge in [0, 0.05) is 25.7 Å². The van der Waals surface area contributed by atoms with Gasteiger partial charge in [-0.3, -0.25) is 4.90 Å². The van der Waals surface area contributed by atoms with Gasteiger partial charge >= 0.3 is 0 Å². The molecule has 1 rings (SSSR count). The van der Waals surface area contributed by atoms with Crippen molar-refractivity contribution in [2.45, 2.75) is 25.8 Å². The Morgan fingerprint density at radius 3 is 2.81 bits per heavy atom. The Labute approximate surface area is 99.7 Å². The number of hydrogen-bond acceptors (Lipinski definition) is 4. The summed E-state index contributed by atoms with van der Waals surface area (Å²) in [4.78, 5) is 5.01. The van der Waals surface area contributed by atoms with Crippen LogP contribution in [0, 0.1) is 0 Å². The van der Waals surface area contributed by atoms with Crippen LogP contribution in [0.3, 0.4) is 0 Å². The Bertz CT molecular complexity index is 178. The molecule has 0 aromatic rings. The minimum atomic E-state index is 0.625. The van der Waals surface area contributed by atoms with Crippen molar-refractivity contribution in [1.82, 2.24) is 9.80 Å². The first-order chi connectivity index (χ1) is 7.77. The lowest BCUT2D eigenvalue weighted by Crippen LogP contribution is -2.41. The highest BCUT2D eigenvalue weighted by atomic mass is 16.5. The lowest BCUT2D eigenvalue weighted by atomic mass is 10.2. The second-order valence-electron chi connectivity index (χ2n) is 4.61. The summed E-state index contributed by atoms with van der Waals surface area (Å²) in [6.07, 6.45) is 2.49. The van der Waals surface area contributed by atoms with E-state index in [1.54, 1.807) is 0 Å². The number of likely N-dealkylation sites (N-methyl/N-ethyl adjacent to an activating group) is 1. The van der Waals surface area contributed by atoms with Crippen molar-refractivity contribution in [3.8, 4) is 0 Å². The molecule has 96 valence electrons. The Hall–Kier alpha value is -0.160. The third-order valence-electron chi connectivity index (χ3n) is 3.28. The molecule has 4 nitrogen and oxygen atoms in total. The highest BCUT2D eigenvalue weighted by Gasteiger charge is 2.21. The standard InChI is InChI=1S/C12H27N3O/c1-3-12-11-14(2)6-4-7-15(12)8-10-16-9-5-13/h12H,3-11,13H2,1-2H3. The van der Waals surface area contributed by atoms with Crippen molar-refractivity contribution in [1.29, 1.82) is 0 Å². The van der Waals surface area contributed by atoms with Gasteiger partial charge in [0.25, 0.3) is 0 Å². The maximum atomic E-state index is 5.47. The molecule has 0 spiro atoms. The summed E-state index contributed by atoms with van der Waals surface area (Å²) < 4.78 is 5.47. The van der Waals surface area contributed by atoms with E-state index < -0.39 is 0 Å². The van der Waals surface area contributed by atoms with Gasteiger partial charge in [-0.2, -0.15) is 0 Å². The molecule has 0 aromatic heterocycles. The second-order valence-corrected chi connectivity index (χ2v) is 4.61. The fourth-order valence-corrected chi connectivity index (χ4v) is 2.34. The van der Waals surface area contributed by atoms with Crippen molar-refractivity contribution in [3.63, 3.8) is 0 Å². The van der Waals surface area contributed by atoms with Crippen LogP contribution in [0.5, 0.6) is 0 Å². The molecule has 1 aliphatic rings. The number of ether oxygens (including phenoxy) is 1. The molecule has 0 aromatic carbocycles. The van der Waals surface area contributed by atoms with Crippen molar-refractivity contribution in [2.24, 2.45) is 5.73 Å². The zero-order chi connectivity index (χ0) is 11.8. The average molecular weight is 229 g/mol. The van der Waals surface area contributed by atoms with Crippen LogP contribution in [0.15, 0.2) is 0 Å². The predicted octanol–water partition coefficient (Wildman–Crippen LogP) is 0.378. The molecule has 0 amide bonds. The molecule has 1 saturated heterocycles. The normalized spacial score (nSPS) is 24.6. The molecule has 0 bridgehead atoms. The van der Waals surface area contributed by atoms with E-state index in [9.17, 15) is 0 Å². The molecular weight excluding hydrogens is 202 g/mol. The van der Waals surface area contributed by atoms with Crippen LogP contribution in [-0.4, -0.2) is 68.8 Å². The van der Waals surface area contributed by atoms with Crippen molar-refractivity contribution >= 4 is 0 Å². The second kappa shape index (κ2) is 8.01. The molecule has 1 heterocycles. The van der Waals surface area contributed by atoms with E-state index >= 15 is 0 Å². The zero-order valence-electron chi connectivity index (χ0n) is 10.8. The van der Waals surface area contributed by atoms with Gasteiger partial charge in [0.1, 0.15) is 0 Å². The van der Waals surface area contributed by atoms with Gasteiger partial charge in [0.15, 0.2) is 0 Å². The topological polar surface area (TPSA) is 41.7 Å². The summed E-state index contributed by atoms with van der Waals surface area (Å²) in [5.41, 5.74) is 5.40. The van der Waals surface area contributed by atoms with Crippen molar-refractivity contribution in [2.75, 3.05) is 53.0 Å². The molecule has 4 heteroatoms. The summed E-state index contributed by atoms with van der Waals surface area (Å²) in [6, 6.07) is 0.689. The molecule has 1 atom stereocenters. The fourth-order valence-electron chi connectivity index (χ4n) is 2.34. The molecule has 1 aliphatic heterocycles. The number of rotatable bonds is 6. The van der Waals surface area contributed by atoms with E-state index in [1.165, 1.54) is 32.5 Å². The van der Waals surface area contributed by atoms with E-state index in [2.05, 4.69) is 23.8 Å². The largest absolute Gasteiger partial charge is 0.379 e. The van der Waals surface area contributed by atoms with Crippen molar-refractivity contribution < 1.29 is 4.74 Å². The van der Waals surface area contributed by atoms with Crippen LogP contribution in [0.2, 0.25) is 0 Å². The molecule has 1 fully saturated rings. The van der Waals surface area contributed by atoms with Gasteiger partial charge in [0.05, 0.1) is 13.2 Å². The smallest absolute Gasteiger partial charge is 0.0594 e. The van der Waals surface area contributed by atoms with Gasteiger partial charge in [0.2, 0.25) is 0 Å². The van der Waals surface area contributed by atoms with E-state index in [0.717, 1.165) is 13.2 Å². The van der Waals surface area contributed by atoms with Crippen LogP contribution in [0.1, 0.15) is 19.8 Å². The monoisotopic (exact) mass is 229 g/mol. The summed E-state index contributed by atoms with van der Waals surface area (Å²) >= 11 is 0. The van der Waals surface area contributed by atoms with Crippen LogP contribution in [0.25, 0.3) is 0 Å². The van der Waals surface area contributed by atoms with E-state index in [0.29, 0.717) is 19.2 Å². The number of nitrogens with zero attached hydrogens (tertiary/aromatic N) is 2. The van der Waals surface area contributed by atoms with Crippen LogP contribution < -0.4 is 5.73 Å². The van der Waals surface area contributed by atoms with E-state index in [4.69, 9.17) is 10.5 Å². The minimum absolute atomic E-state index is 0.625. The van der Waals surface area contributed by atoms with Gasteiger partial charge in [-0.25, -0.2) is 0 Å². The number of nitrogens with two attached hydrogens (primary N) is 1. The highest BCUT2D eigenvalue weighted by Crippen LogP contribution is 2.11. The van der Waals surface area contributed by atoms with Crippen LogP contribution in [0.4, 0.5) is 0 Å². The lowest BCUT2D eigenvalue weighted by Gasteiger charge is -2.29. The SMILES string of the molecule is CCC1CN(C)CCCN1CCOCCN. The Morgan fingerprint density at radius 1 is 1.31 bits per heavy atom. The van der Waals surface area contributed by atoms with Gasteiger partial charge < -0.3 is 15.4 Å². The van der Waals surface area contributed by atoms with E-state index in [-0.39, 0.29) is 0 Å². The highest BCUT2D eigenvalue weighted by molar-refractivity contribution is 4.77. The average Bonchev–Trinajstić information content (AvgIpc) is 2.46. The molecule has 1 unspecified atom stereocenters. The minimum Gasteiger partial charge on any atom is -0.379 e. The molecule has 2 N–H and O–H groups in total. The third kappa shape index (κ3) is 4.78. The summed E-state index contributed by atoms with van der Waals surface area (Å²) in [5, 5.41) is 0. The van der Waals surface area contributed by atoms with Crippen molar-refractivity contribution in [3.05, 3.63) is 0 Å². The molecule has 0 aliphatic carbocycles. The van der Waals surface area contributed by atoms with Gasteiger partial charge in [-0.15, -0.1) is 0 Å². The Balaban J connectivity index is 2.30. The Morgan fingerprint density at radius 2 is 2.12 bits per heavy atom. The predicted molar refractivity (Wildman–Crippen MR) is 67.6 cm³/mol. The quantitative estimate of drug-likeness (QED) is 0.669. The van der Waals surface area contributed by atoms with E-state index in [1.807, 2.05) is 0 Å².